The van der Waals surface area contributed by atoms with Gasteiger partial charge in [-0.2, -0.15) is 0 Å². The van der Waals surface area contributed by atoms with Crippen LogP contribution in [0.4, 0.5) is 17.2 Å². The summed E-state index contributed by atoms with van der Waals surface area (Å²) in [6.07, 6.45) is 4.72. The van der Waals surface area contributed by atoms with Crippen LogP contribution in [0, 0.1) is 12.8 Å². The number of nitrogens with zero attached hydrogens (tertiary/aromatic N) is 3. The first-order valence-electron chi connectivity index (χ1n) is 8.90. The van der Waals surface area contributed by atoms with Gasteiger partial charge in [0.25, 0.3) is 0 Å². The molecule has 1 saturated heterocycles. The van der Waals surface area contributed by atoms with Crippen molar-refractivity contribution >= 4 is 29.0 Å². The minimum atomic E-state index is -0.699. The predicted molar refractivity (Wildman–Crippen MR) is 104 cm³/mol. The summed E-state index contributed by atoms with van der Waals surface area (Å²) in [7, 11) is 0. The second-order valence-electron chi connectivity index (χ2n) is 7.05. The molecule has 2 aromatic heterocycles. The molecule has 8 heteroatoms. The van der Waals surface area contributed by atoms with Crippen molar-refractivity contribution in [3.8, 4) is 0 Å². The van der Waals surface area contributed by atoms with E-state index in [1.807, 2.05) is 0 Å². The van der Waals surface area contributed by atoms with Crippen molar-refractivity contribution in [2.75, 3.05) is 23.3 Å². The largest absolute Gasteiger partial charge is 0.397 e. The van der Waals surface area contributed by atoms with Gasteiger partial charge in [-0.3, -0.25) is 14.6 Å². The average Bonchev–Trinajstić information content (AvgIpc) is 2.65. The minimum absolute atomic E-state index is 0.244. The summed E-state index contributed by atoms with van der Waals surface area (Å²) in [5.41, 5.74) is 13.9. The molecular formula is C19H24N6O2. The number of amides is 2. The van der Waals surface area contributed by atoms with Gasteiger partial charge in [0.1, 0.15) is 5.82 Å². The van der Waals surface area contributed by atoms with Gasteiger partial charge in [0, 0.05) is 6.54 Å². The molecule has 8 nitrogen and oxygen atoms in total. The Balaban J connectivity index is 1.79. The van der Waals surface area contributed by atoms with Crippen molar-refractivity contribution in [1.82, 2.24) is 14.9 Å². The number of hydrogen-bond acceptors (Lipinski definition) is 6. The van der Waals surface area contributed by atoms with Crippen LogP contribution < -0.4 is 16.8 Å². The van der Waals surface area contributed by atoms with Gasteiger partial charge in [0.05, 0.1) is 35.5 Å². The zero-order valence-corrected chi connectivity index (χ0v) is 15.5. The molecule has 0 bridgehead atoms. The Hall–Kier alpha value is -3.16. The Morgan fingerprint density at radius 3 is 2.63 bits per heavy atom. The molecule has 3 rings (SSSR count). The van der Waals surface area contributed by atoms with Crippen molar-refractivity contribution in [3.63, 3.8) is 0 Å². The third-order valence-corrected chi connectivity index (χ3v) is 4.80. The van der Waals surface area contributed by atoms with E-state index in [9.17, 15) is 9.59 Å². The molecular weight excluding hydrogens is 344 g/mol. The summed E-state index contributed by atoms with van der Waals surface area (Å²) in [5, 5.41) is 2.61. The zero-order valence-electron chi connectivity index (χ0n) is 15.5. The summed E-state index contributed by atoms with van der Waals surface area (Å²) in [5.74, 6) is -0.582. The summed E-state index contributed by atoms with van der Waals surface area (Å²) in [6.45, 7) is 4.36. The number of likely N-dealkylation sites (tertiary alicyclic amines) is 1. The number of rotatable bonds is 2. The molecule has 2 unspecified atom stereocenters. The molecule has 0 aliphatic carbocycles. The fourth-order valence-corrected chi connectivity index (χ4v) is 3.27. The highest BCUT2D eigenvalue weighted by molar-refractivity contribution is 6.39. The summed E-state index contributed by atoms with van der Waals surface area (Å²) >= 11 is 0. The highest BCUT2D eigenvalue weighted by Crippen LogP contribution is 2.32. The number of hydrogen-bond donors (Lipinski definition) is 3. The number of anilines is 3. The molecule has 0 aromatic carbocycles. The first kappa shape index (κ1) is 18.6. The maximum Gasteiger partial charge on any atom is 0.313 e. The molecule has 2 amide bonds. The molecule has 0 saturated carbocycles. The molecule has 142 valence electrons. The van der Waals surface area contributed by atoms with Crippen LogP contribution >= 0.6 is 0 Å². The van der Waals surface area contributed by atoms with E-state index in [-0.39, 0.29) is 6.04 Å². The van der Waals surface area contributed by atoms with Crippen LogP contribution in [0.5, 0.6) is 0 Å². The summed E-state index contributed by atoms with van der Waals surface area (Å²) in [4.78, 5) is 35.4. The Kier molecular flexibility index (Phi) is 5.25. The van der Waals surface area contributed by atoms with Gasteiger partial charge in [-0.25, -0.2) is 4.98 Å². The third-order valence-electron chi connectivity index (χ3n) is 4.80. The number of carbonyl (C=O) groups is 2. The SMILES string of the molecule is Cc1cc(NC(=O)C(=O)N2CC(C)CCC2c2ccc(N)cn2)cnc1N. The molecule has 1 fully saturated rings. The van der Waals surface area contributed by atoms with Crippen molar-refractivity contribution in [2.45, 2.75) is 32.7 Å². The highest BCUT2D eigenvalue weighted by atomic mass is 16.2. The lowest BCUT2D eigenvalue weighted by Gasteiger charge is -2.37. The lowest BCUT2D eigenvalue weighted by molar-refractivity contribution is -0.146. The maximum absolute atomic E-state index is 12.9. The lowest BCUT2D eigenvalue weighted by atomic mass is 9.92. The van der Waals surface area contributed by atoms with E-state index in [1.165, 1.54) is 6.20 Å². The van der Waals surface area contributed by atoms with Crippen LogP contribution in [-0.4, -0.2) is 33.2 Å². The molecule has 1 aliphatic heterocycles. The number of aryl methyl sites for hydroxylation is 1. The standard InChI is InChI=1S/C19H24N6O2/c1-11-3-6-16(15-5-4-13(20)8-22-15)25(10-11)19(27)18(26)24-14-7-12(2)17(21)23-9-14/h4-5,7-9,11,16H,3,6,10,20H2,1-2H3,(H2,21,23)(H,24,26). The smallest absolute Gasteiger partial charge is 0.313 e. The Morgan fingerprint density at radius 2 is 1.96 bits per heavy atom. The van der Waals surface area contributed by atoms with Gasteiger partial charge in [-0.05, 0) is 49.4 Å². The van der Waals surface area contributed by atoms with Gasteiger partial charge in [0.2, 0.25) is 0 Å². The first-order chi connectivity index (χ1) is 12.8. The van der Waals surface area contributed by atoms with Crippen LogP contribution in [-0.2, 0) is 9.59 Å². The Bertz CT molecular complexity index is 852. The number of pyridine rings is 2. The quantitative estimate of drug-likeness (QED) is 0.695. The molecule has 27 heavy (non-hydrogen) atoms. The fraction of sp³-hybridized carbons (Fsp3) is 0.368. The van der Waals surface area contributed by atoms with Crippen LogP contribution in [0.1, 0.15) is 37.1 Å². The summed E-state index contributed by atoms with van der Waals surface area (Å²) < 4.78 is 0. The lowest BCUT2D eigenvalue weighted by Crippen LogP contribution is -2.46. The number of aromatic nitrogens is 2. The van der Waals surface area contributed by atoms with Gasteiger partial charge in [-0.1, -0.05) is 6.92 Å². The normalized spacial score (nSPS) is 19.6. The number of nitrogens with one attached hydrogen (secondary N) is 1. The molecule has 1 aliphatic rings. The van der Waals surface area contributed by atoms with Crippen LogP contribution in [0.2, 0.25) is 0 Å². The second kappa shape index (κ2) is 7.61. The second-order valence-corrected chi connectivity index (χ2v) is 7.05. The molecule has 3 heterocycles. The number of nitrogens with two attached hydrogens (primary N) is 2. The van der Waals surface area contributed by atoms with Crippen molar-refractivity contribution in [2.24, 2.45) is 5.92 Å². The van der Waals surface area contributed by atoms with Gasteiger partial charge in [-0.15, -0.1) is 0 Å². The van der Waals surface area contributed by atoms with E-state index in [2.05, 4.69) is 22.2 Å². The topological polar surface area (TPSA) is 127 Å². The van der Waals surface area contributed by atoms with Crippen molar-refractivity contribution in [1.29, 1.82) is 0 Å². The van der Waals surface area contributed by atoms with Crippen molar-refractivity contribution in [3.05, 3.63) is 41.9 Å². The molecule has 0 radical (unpaired) electrons. The van der Waals surface area contributed by atoms with Crippen LogP contribution in [0.3, 0.4) is 0 Å². The number of carbonyl (C=O) groups excluding carboxylic acids is 2. The Morgan fingerprint density at radius 1 is 1.19 bits per heavy atom. The molecule has 0 spiro atoms. The van der Waals surface area contributed by atoms with E-state index in [0.717, 1.165) is 24.1 Å². The third kappa shape index (κ3) is 4.16. The van der Waals surface area contributed by atoms with Crippen LogP contribution in [0.25, 0.3) is 0 Å². The zero-order chi connectivity index (χ0) is 19.6. The number of nitrogen functional groups attached to an aromatic ring is 2. The van der Waals surface area contributed by atoms with E-state index in [0.29, 0.717) is 29.7 Å². The van der Waals surface area contributed by atoms with Gasteiger partial charge in [0.15, 0.2) is 0 Å². The molecule has 2 atom stereocenters. The summed E-state index contributed by atoms with van der Waals surface area (Å²) in [6, 6.07) is 5.00. The monoisotopic (exact) mass is 368 g/mol. The predicted octanol–water partition coefficient (Wildman–Crippen LogP) is 1.89. The minimum Gasteiger partial charge on any atom is -0.397 e. The van der Waals surface area contributed by atoms with E-state index < -0.39 is 11.8 Å². The van der Waals surface area contributed by atoms with E-state index >= 15 is 0 Å². The molecule has 5 N–H and O–H groups in total. The van der Waals surface area contributed by atoms with Gasteiger partial charge >= 0.3 is 11.8 Å². The molecule has 2 aromatic rings. The first-order valence-corrected chi connectivity index (χ1v) is 8.90. The van der Waals surface area contributed by atoms with Crippen molar-refractivity contribution < 1.29 is 9.59 Å². The average molecular weight is 368 g/mol. The van der Waals surface area contributed by atoms with E-state index in [1.54, 1.807) is 36.2 Å². The van der Waals surface area contributed by atoms with Crippen LogP contribution in [0.15, 0.2) is 30.6 Å². The van der Waals surface area contributed by atoms with Gasteiger partial charge < -0.3 is 21.7 Å². The fourth-order valence-electron chi connectivity index (χ4n) is 3.27. The highest BCUT2D eigenvalue weighted by Gasteiger charge is 2.34. The number of piperidine rings is 1. The maximum atomic E-state index is 12.9. The Labute approximate surface area is 158 Å². The van der Waals surface area contributed by atoms with E-state index in [4.69, 9.17) is 11.5 Å².